The van der Waals surface area contributed by atoms with Gasteiger partial charge in [0.1, 0.15) is 11.5 Å². The van der Waals surface area contributed by atoms with E-state index in [2.05, 4.69) is 38.1 Å². The number of hydrogen-bond donors (Lipinski definition) is 1. The molecule has 1 aromatic heterocycles. The zero-order valence-corrected chi connectivity index (χ0v) is 19.3. The quantitative estimate of drug-likeness (QED) is 0.350. The highest BCUT2D eigenvalue weighted by Crippen LogP contribution is 2.30. The Bertz CT molecular complexity index is 970. The largest absolute Gasteiger partial charge is 0.497 e. The summed E-state index contributed by atoms with van der Waals surface area (Å²) in [7, 11) is 3.22. The Morgan fingerprint density at radius 3 is 2.34 bits per heavy atom. The van der Waals surface area contributed by atoms with Crippen LogP contribution >= 0.6 is 34.4 Å². The number of hydrogen-bond acceptors (Lipinski definition) is 6. The number of thioether (sulfide) groups is 1. The first-order chi connectivity index (χ1) is 14.0. The van der Waals surface area contributed by atoms with Crippen molar-refractivity contribution in [3.05, 3.63) is 46.0 Å². The van der Waals surface area contributed by atoms with Crippen molar-refractivity contribution in [2.45, 2.75) is 18.6 Å². The summed E-state index contributed by atoms with van der Waals surface area (Å²) in [5.74, 6) is 2.20. The first-order valence-electron chi connectivity index (χ1n) is 8.89. The molecule has 0 aliphatic carbocycles. The van der Waals surface area contributed by atoms with Crippen LogP contribution in [-0.4, -0.2) is 40.6 Å². The molecule has 0 saturated heterocycles. The molecule has 0 saturated carbocycles. The van der Waals surface area contributed by atoms with E-state index >= 15 is 0 Å². The van der Waals surface area contributed by atoms with Crippen molar-refractivity contribution >= 4 is 45.9 Å². The van der Waals surface area contributed by atoms with Gasteiger partial charge in [0.05, 0.1) is 20.0 Å². The van der Waals surface area contributed by atoms with Crippen molar-refractivity contribution in [2.75, 3.05) is 25.3 Å². The van der Waals surface area contributed by atoms with Crippen LogP contribution in [0.25, 0.3) is 11.4 Å². The standard InChI is InChI=1S/C20H21IN4O3S/c1-4-25-19(13-9-16(27-2)11-17(10-13)28-3)23-24-20(25)29-12-18(26)22-15-7-5-14(21)6-8-15/h5-11H,4,12H2,1-3H3,(H,22,26). The molecule has 0 atom stereocenters. The number of methoxy groups -OCH3 is 2. The third-order valence-corrected chi connectivity index (χ3v) is 5.79. The van der Waals surface area contributed by atoms with Gasteiger partial charge in [-0.05, 0) is 65.9 Å². The molecule has 2 aromatic carbocycles. The van der Waals surface area contributed by atoms with Gasteiger partial charge in [0.25, 0.3) is 0 Å². The number of nitrogens with zero attached hydrogens (tertiary/aromatic N) is 3. The van der Waals surface area contributed by atoms with Gasteiger partial charge in [0, 0.05) is 27.4 Å². The molecule has 29 heavy (non-hydrogen) atoms. The number of anilines is 1. The SMILES string of the molecule is CCn1c(SCC(=O)Nc2ccc(I)cc2)nnc1-c1cc(OC)cc(OC)c1. The first kappa shape index (κ1) is 21.4. The topological polar surface area (TPSA) is 78.3 Å². The lowest BCUT2D eigenvalue weighted by Gasteiger charge is -2.10. The molecule has 0 aliphatic rings. The molecule has 0 spiro atoms. The van der Waals surface area contributed by atoms with E-state index in [1.54, 1.807) is 20.3 Å². The molecule has 1 N–H and O–H groups in total. The summed E-state index contributed by atoms with van der Waals surface area (Å²) in [4.78, 5) is 12.3. The molecule has 0 bridgehead atoms. The van der Waals surface area contributed by atoms with E-state index < -0.39 is 0 Å². The highest BCUT2D eigenvalue weighted by atomic mass is 127. The molecule has 0 aliphatic heterocycles. The summed E-state index contributed by atoms with van der Waals surface area (Å²) in [6.45, 7) is 2.68. The maximum atomic E-state index is 12.3. The third-order valence-electron chi connectivity index (χ3n) is 4.10. The summed E-state index contributed by atoms with van der Waals surface area (Å²) < 4.78 is 13.8. The van der Waals surface area contributed by atoms with Crippen molar-refractivity contribution in [2.24, 2.45) is 0 Å². The minimum Gasteiger partial charge on any atom is -0.497 e. The second-order valence-electron chi connectivity index (χ2n) is 6.00. The van der Waals surface area contributed by atoms with E-state index in [1.165, 1.54) is 11.8 Å². The third kappa shape index (κ3) is 5.41. The number of carbonyl (C=O) groups is 1. The minimum atomic E-state index is -0.0912. The predicted molar refractivity (Wildman–Crippen MR) is 123 cm³/mol. The van der Waals surface area contributed by atoms with Gasteiger partial charge >= 0.3 is 0 Å². The molecule has 7 nitrogen and oxygen atoms in total. The van der Waals surface area contributed by atoms with Gasteiger partial charge in [-0.1, -0.05) is 11.8 Å². The fourth-order valence-corrected chi connectivity index (χ4v) is 3.85. The second-order valence-corrected chi connectivity index (χ2v) is 8.18. The summed E-state index contributed by atoms with van der Waals surface area (Å²) in [5, 5.41) is 12.2. The first-order valence-corrected chi connectivity index (χ1v) is 10.9. The van der Waals surface area contributed by atoms with Crippen LogP contribution in [0, 0.1) is 3.57 Å². The molecule has 0 radical (unpaired) electrons. The minimum absolute atomic E-state index is 0.0912. The number of benzene rings is 2. The normalized spacial score (nSPS) is 10.6. The van der Waals surface area contributed by atoms with Crippen LogP contribution in [0.5, 0.6) is 11.5 Å². The molecule has 1 heterocycles. The zero-order chi connectivity index (χ0) is 20.8. The Hall–Kier alpha value is -2.27. The Morgan fingerprint density at radius 1 is 1.10 bits per heavy atom. The van der Waals surface area contributed by atoms with E-state index in [4.69, 9.17) is 9.47 Å². The molecular weight excluding hydrogens is 503 g/mol. The van der Waals surface area contributed by atoms with E-state index in [1.807, 2.05) is 47.9 Å². The van der Waals surface area contributed by atoms with Crippen molar-refractivity contribution in [1.82, 2.24) is 14.8 Å². The highest BCUT2D eigenvalue weighted by molar-refractivity contribution is 14.1. The summed E-state index contributed by atoms with van der Waals surface area (Å²) in [6.07, 6.45) is 0. The Balaban J connectivity index is 1.74. The molecule has 1 amide bonds. The van der Waals surface area contributed by atoms with Crippen LogP contribution in [-0.2, 0) is 11.3 Å². The second kappa shape index (κ2) is 9.97. The molecular formula is C20H21IN4O3S. The number of carbonyl (C=O) groups excluding carboxylic acids is 1. The van der Waals surface area contributed by atoms with Crippen molar-refractivity contribution in [3.8, 4) is 22.9 Å². The van der Waals surface area contributed by atoms with Crippen molar-refractivity contribution < 1.29 is 14.3 Å². The number of halogens is 1. The van der Waals surface area contributed by atoms with Gasteiger partial charge in [-0.25, -0.2) is 0 Å². The van der Waals surface area contributed by atoms with Crippen molar-refractivity contribution in [3.63, 3.8) is 0 Å². The van der Waals surface area contributed by atoms with Gasteiger partial charge in [0.15, 0.2) is 11.0 Å². The maximum Gasteiger partial charge on any atom is 0.234 e. The summed E-state index contributed by atoms with van der Waals surface area (Å²) in [5.41, 5.74) is 1.61. The van der Waals surface area contributed by atoms with Crippen LogP contribution in [0.1, 0.15) is 6.92 Å². The number of nitrogens with one attached hydrogen (secondary N) is 1. The van der Waals surface area contributed by atoms with Crippen LogP contribution in [0.3, 0.4) is 0 Å². The number of rotatable bonds is 8. The average Bonchev–Trinajstić information content (AvgIpc) is 3.16. The van der Waals surface area contributed by atoms with Gasteiger partial charge in [-0.15, -0.1) is 10.2 Å². The fraction of sp³-hybridized carbons (Fsp3) is 0.250. The lowest BCUT2D eigenvalue weighted by Crippen LogP contribution is -2.14. The Kier molecular flexibility index (Phi) is 7.37. The lowest BCUT2D eigenvalue weighted by molar-refractivity contribution is -0.113. The number of ether oxygens (including phenoxy) is 2. The highest BCUT2D eigenvalue weighted by Gasteiger charge is 2.16. The van der Waals surface area contributed by atoms with E-state index in [0.29, 0.717) is 29.0 Å². The van der Waals surface area contributed by atoms with Crippen LogP contribution in [0.15, 0.2) is 47.6 Å². The summed E-state index contributed by atoms with van der Waals surface area (Å²) in [6, 6.07) is 13.2. The predicted octanol–water partition coefficient (Wildman–Crippen LogP) is 4.32. The average molecular weight is 524 g/mol. The van der Waals surface area contributed by atoms with Gasteiger partial charge in [0.2, 0.25) is 5.91 Å². The zero-order valence-electron chi connectivity index (χ0n) is 16.3. The number of aromatic nitrogens is 3. The fourth-order valence-electron chi connectivity index (χ4n) is 2.69. The van der Waals surface area contributed by atoms with Gasteiger partial charge in [-0.2, -0.15) is 0 Å². The molecule has 152 valence electrons. The maximum absolute atomic E-state index is 12.3. The molecule has 3 rings (SSSR count). The Morgan fingerprint density at radius 2 is 1.76 bits per heavy atom. The van der Waals surface area contributed by atoms with Gasteiger partial charge in [-0.3, -0.25) is 4.79 Å². The molecule has 9 heteroatoms. The van der Waals surface area contributed by atoms with Gasteiger partial charge < -0.3 is 19.4 Å². The van der Waals surface area contributed by atoms with Crippen LogP contribution in [0.4, 0.5) is 5.69 Å². The van der Waals surface area contributed by atoms with E-state index in [0.717, 1.165) is 14.8 Å². The molecule has 3 aromatic rings. The van der Waals surface area contributed by atoms with Crippen LogP contribution in [0.2, 0.25) is 0 Å². The smallest absolute Gasteiger partial charge is 0.234 e. The van der Waals surface area contributed by atoms with E-state index in [-0.39, 0.29) is 11.7 Å². The van der Waals surface area contributed by atoms with E-state index in [9.17, 15) is 4.79 Å². The Labute approximate surface area is 187 Å². The van der Waals surface area contributed by atoms with Crippen LogP contribution < -0.4 is 14.8 Å². The molecule has 0 fully saturated rings. The number of amides is 1. The molecule has 0 unspecified atom stereocenters. The summed E-state index contributed by atoms with van der Waals surface area (Å²) >= 11 is 3.58. The monoisotopic (exact) mass is 524 g/mol. The lowest BCUT2D eigenvalue weighted by atomic mass is 10.2. The van der Waals surface area contributed by atoms with Crippen molar-refractivity contribution in [1.29, 1.82) is 0 Å².